The fourth-order valence-electron chi connectivity index (χ4n) is 1.97. The molecule has 0 aliphatic carbocycles. The van der Waals surface area contributed by atoms with E-state index in [0.29, 0.717) is 22.0 Å². The van der Waals surface area contributed by atoms with Crippen molar-refractivity contribution in [3.8, 4) is 0 Å². The van der Waals surface area contributed by atoms with Gasteiger partial charge < -0.3 is 5.11 Å². The second-order valence-corrected chi connectivity index (χ2v) is 6.39. The number of thiophene rings is 1. The maximum Gasteiger partial charge on any atom is 0.314 e. The van der Waals surface area contributed by atoms with Gasteiger partial charge in [-0.3, -0.25) is 4.79 Å². The first-order valence-electron chi connectivity index (χ1n) is 5.65. The Balaban J connectivity index is 2.49. The molecule has 0 aliphatic heterocycles. The molecule has 0 radical (unpaired) electrons. The molecule has 19 heavy (non-hydrogen) atoms. The molecule has 0 fully saturated rings. The number of hydrogen-bond acceptors (Lipinski definition) is 2. The van der Waals surface area contributed by atoms with Gasteiger partial charge in [0.15, 0.2) is 0 Å². The summed E-state index contributed by atoms with van der Waals surface area (Å²) in [6.45, 7) is 1.67. The molecule has 1 aromatic carbocycles. The summed E-state index contributed by atoms with van der Waals surface area (Å²) >= 11 is 13.6. The zero-order chi connectivity index (χ0) is 14.0. The summed E-state index contributed by atoms with van der Waals surface area (Å²) in [5.41, 5.74) is -0.546. The predicted molar refractivity (Wildman–Crippen MR) is 79.5 cm³/mol. The van der Waals surface area contributed by atoms with Crippen molar-refractivity contribution < 1.29 is 9.90 Å². The van der Waals surface area contributed by atoms with E-state index < -0.39 is 11.4 Å². The number of carboxylic acid groups (broad SMARTS) is 1. The summed E-state index contributed by atoms with van der Waals surface area (Å²) in [5, 5.41) is 12.4. The number of aliphatic carboxylic acids is 1. The molecule has 0 saturated carbocycles. The number of hydrogen-bond donors (Lipinski definition) is 1. The predicted octanol–water partition coefficient (Wildman–Crippen LogP) is 4.64. The van der Waals surface area contributed by atoms with E-state index in [1.807, 2.05) is 17.5 Å². The molecule has 2 rings (SSSR count). The van der Waals surface area contributed by atoms with Crippen molar-refractivity contribution in [2.75, 3.05) is 0 Å². The molecule has 0 aliphatic rings. The van der Waals surface area contributed by atoms with Crippen LogP contribution in [-0.4, -0.2) is 11.1 Å². The fourth-order valence-corrected chi connectivity index (χ4v) is 3.33. The van der Waals surface area contributed by atoms with E-state index in [1.165, 1.54) is 11.3 Å². The van der Waals surface area contributed by atoms with Gasteiger partial charge in [-0.25, -0.2) is 0 Å². The van der Waals surface area contributed by atoms with E-state index in [-0.39, 0.29) is 0 Å². The second-order valence-electron chi connectivity index (χ2n) is 4.52. The van der Waals surface area contributed by atoms with Crippen molar-refractivity contribution in [3.63, 3.8) is 0 Å². The lowest BCUT2D eigenvalue weighted by atomic mass is 9.79. The highest BCUT2D eigenvalue weighted by atomic mass is 35.5. The van der Waals surface area contributed by atoms with Gasteiger partial charge in [0.25, 0.3) is 0 Å². The molecule has 100 valence electrons. The van der Waals surface area contributed by atoms with Crippen LogP contribution in [0.2, 0.25) is 10.0 Å². The Morgan fingerprint density at radius 3 is 2.68 bits per heavy atom. The molecule has 0 spiro atoms. The molecule has 1 heterocycles. The van der Waals surface area contributed by atoms with Crippen LogP contribution >= 0.6 is 34.5 Å². The molecule has 1 unspecified atom stereocenters. The standard InChI is InChI=1S/C14H12Cl2O2S/c1-14(13(17)18,8-10-3-2-6-19-10)11-7-9(15)4-5-12(11)16/h2-7H,8H2,1H3,(H,17,18). The van der Waals surface area contributed by atoms with Crippen LogP contribution in [0, 0.1) is 0 Å². The first-order chi connectivity index (χ1) is 8.93. The minimum atomic E-state index is -1.09. The van der Waals surface area contributed by atoms with Crippen molar-refractivity contribution in [2.45, 2.75) is 18.8 Å². The molecule has 2 nitrogen and oxygen atoms in total. The summed E-state index contributed by atoms with van der Waals surface area (Å²) in [7, 11) is 0. The van der Waals surface area contributed by atoms with Crippen LogP contribution < -0.4 is 0 Å². The Bertz CT molecular complexity index is 595. The van der Waals surface area contributed by atoms with Crippen LogP contribution in [0.4, 0.5) is 0 Å². The smallest absolute Gasteiger partial charge is 0.314 e. The van der Waals surface area contributed by atoms with Crippen LogP contribution in [0.25, 0.3) is 0 Å². The van der Waals surface area contributed by atoms with E-state index in [1.54, 1.807) is 25.1 Å². The van der Waals surface area contributed by atoms with Crippen molar-refractivity contribution >= 4 is 40.5 Å². The van der Waals surface area contributed by atoms with E-state index >= 15 is 0 Å². The molecular formula is C14H12Cl2O2S. The SMILES string of the molecule is CC(Cc1cccs1)(C(=O)O)c1cc(Cl)ccc1Cl. The van der Waals surface area contributed by atoms with Gasteiger partial charge in [0.05, 0.1) is 5.41 Å². The Kier molecular flexibility index (Phi) is 4.19. The van der Waals surface area contributed by atoms with E-state index in [9.17, 15) is 9.90 Å². The summed E-state index contributed by atoms with van der Waals surface area (Å²) < 4.78 is 0. The number of carbonyl (C=O) groups is 1. The maximum absolute atomic E-state index is 11.7. The Hall–Kier alpha value is -1.03. The van der Waals surface area contributed by atoms with Crippen LogP contribution in [0.15, 0.2) is 35.7 Å². The van der Waals surface area contributed by atoms with Gasteiger partial charge in [0, 0.05) is 21.3 Å². The lowest BCUT2D eigenvalue weighted by Crippen LogP contribution is -2.35. The lowest BCUT2D eigenvalue weighted by molar-refractivity contribution is -0.143. The average molecular weight is 315 g/mol. The third kappa shape index (κ3) is 2.94. The molecule has 0 saturated heterocycles. The molecule has 1 atom stereocenters. The van der Waals surface area contributed by atoms with Crippen molar-refractivity contribution in [1.29, 1.82) is 0 Å². The Morgan fingerprint density at radius 2 is 2.11 bits per heavy atom. The zero-order valence-corrected chi connectivity index (χ0v) is 12.5. The zero-order valence-electron chi connectivity index (χ0n) is 10.2. The van der Waals surface area contributed by atoms with Gasteiger partial charge in [0.1, 0.15) is 0 Å². The van der Waals surface area contributed by atoms with Crippen molar-refractivity contribution in [1.82, 2.24) is 0 Å². The van der Waals surface area contributed by atoms with Crippen LogP contribution in [0.5, 0.6) is 0 Å². The maximum atomic E-state index is 11.7. The van der Waals surface area contributed by atoms with E-state index in [4.69, 9.17) is 23.2 Å². The summed E-state index contributed by atoms with van der Waals surface area (Å²) in [6.07, 6.45) is 0.389. The van der Waals surface area contributed by atoms with Gasteiger partial charge in [-0.05, 0) is 42.1 Å². The summed E-state index contributed by atoms with van der Waals surface area (Å²) in [4.78, 5) is 12.7. The molecule has 0 amide bonds. The van der Waals surface area contributed by atoms with Crippen LogP contribution in [0.1, 0.15) is 17.4 Å². The number of halogens is 2. The van der Waals surface area contributed by atoms with E-state index in [0.717, 1.165) is 4.88 Å². The molecule has 2 aromatic rings. The van der Waals surface area contributed by atoms with Crippen LogP contribution in [-0.2, 0) is 16.6 Å². The lowest BCUT2D eigenvalue weighted by Gasteiger charge is -2.26. The quantitative estimate of drug-likeness (QED) is 0.892. The first kappa shape index (κ1) is 14.4. The van der Waals surface area contributed by atoms with Crippen molar-refractivity contribution in [3.05, 3.63) is 56.2 Å². The summed E-state index contributed by atoms with van der Waals surface area (Å²) in [5.74, 6) is -0.912. The molecule has 1 N–H and O–H groups in total. The minimum Gasteiger partial charge on any atom is -0.481 e. The highest BCUT2D eigenvalue weighted by Gasteiger charge is 2.37. The number of rotatable bonds is 4. The summed E-state index contributed by atoms with van der Waals surface area (Å²) in [6, 6.07) is 8.74. The molecule has 0 bridgehead atoms. The highest BCUT2D eigenvalue weighted by Crippen LogP contribution is 2.36. The van der Waals surface area contributed by atoms with Gasteiger partial charge in [0.2, 0.25) is 0 Å². The monoisotopic (exact) mass is 314 g/mol. The largest absolute Gasteiger partial charge is 0.481 e. The number of carboxylic acids is 1. The molecule has 1 aromatic heterocycles. The first-order valence-corrected chi connectivity index (χ1v) is 7.28. The third-order valence-electron chi connectivity index (χ3n) is 3.10. The van der Waals surface area contributed by atoms with Gasteiger partial charge in [-0.2, -0.15) is 0 Å². The molecular weight excluding hydrogens is 303 g/mol. The highest BCUT2D eigenvalue weighted by molar-refractivity contribution is 7.09. The average Bonchev–Trinajstić information content (AvgIpc) is 2.84. The Morgan fingerprint density at radius 1 is 1.37 bits per heavy atom. The van der Waals surface area contributed by atoms with Gasteiger partial charge >= 0.3 is 5.97 Å². The normalized spacial score (nSPS) is 14.1. The van der Waals surface area contributed by atoms with E-state index in [2.05, 4.69) is 0 Å². The van der Waals surface area contributed by atoms with Crippen molar-refractivity contribution in [2.24, 2.45) is 0 Å². The third-order valence-corrected chi connectivity index (χ3v) is 4.54. The van der Waals surface area contributed by atoms with Gasteiger partial charge in [-0.15, -0.1) is 11.3 Å². The molecule has 5 heteroatoms. The number of benzene rings is 1. The van der Waals surface area contributed by atoms with Crippen LogP contribution in [0.3, 0.4) is 0 Å². The minimum absolute atomic E-state index is 0.389. The fraction of sp³-hybridized carbons (Fsp3) is 0.214. The van der Waals surface area contributed by atoms with Gasteiger partial charge in [-0.1, -0.05) is 29.3 Å². The Labute approximate surface area is 125 Å². The second kappa shape index (κ2) is 5.53. The topological polar surface area (TPSA) is 37.3 Å².